The molecule has 0 saturated heterocycles. The number of methoxy groups -OCH3 is 1. The van der Waals surface area contributed by atoms with Crippen molar-refractivity contribution in [1.29, 1.82) is 0 Å². The number of carbonyl (C=O) groups is 2. The lowest BCUT2D eigenvalue weighted by Gasteiger charge is -2.21. The number of rotatable bonds is 5. The summed E-state index contributed by atoms with van der Waals surface area (Å²) in [5.41, 5.74) is -0.611. The second kappa shape index (κ2) is 7.44. The fourth-order valence-corrected chi connectivity index (χ4v) is 1.77. The number of nitrogens with one attached hydrogen (secondary N) is 1. The number of carbonyl (C=O) groups excluding carboxylic acids is 2. The van der Waals surface area contributed by atoms with Gasteiger partial charge in [0.15, 0.2) is 5.82 Å². The van der Waals surface area contributed by atoms with Gasteiger partial charge in [-0.25, -0.2) is 4.39 Å². The van der Waals surface area contributed by atoms with E-state index in [0.29, 0.717) is 0 Å². The van der Waals surface area contributed by atoms with E-state index in [0.717, 1.165) is 19.2 Å². The van der Waals surface area contributed by atoms with E-state index < -0.39 is 48.3 Å². The molecule has 0 radical (unpaired) electrons. The zero-order chi connectivity index (χ0) is 16.9. The van der Waals surface area contributed by atoms with Crippen LogP contribution in [0.2, 0.25) is 5.02 Å². The van der Waals surface area contributed by atoms with E-state index in [9.17, 15) is 27.2 Å². The maximum atomic E-state index is 13.6. The fraction of sp³-hybridized carbons (Fsp3) is 0.385. The summed E-state index contributed by atoms with van der Waals surface area (Å²) in [5.74, 6) is -3.24. The van der Waals surface area contributed by atoms with Crippen LogP contribution in [0.3, 0.4) is 0 Å². The van der Waals surface area contributed by atoms with Gasteiger partial charge in [0.2, 0.25) is 0 Å². The average Bonchev–Trinajstić information content (AvgIpc) is 2.44. The normalized spacial score (nSPS) is 12.6. The first-order valence-corrected chi connectivity index (χ1v) is 6.43. The van der Waals surface area contributed by atoms with Gasteiger partial charge in [-0.15, -0.1) is 0 Å². The van der Waals surface area contributed by atoms with E-state index in [4.69, 9.17) is 11.6 Å². The van der Waals surface area contributed by atoms with Gasteiger partial charge in [0.25, 0.3) is 5.91 Å². The predicted molar refractivity (Wildman–Crippen MR) is 70.0 cm³/mol. The molecule has 1 aromatic rings. The van der Waals surface area contributed by atoms with Gasteiger partial charge < -0.3 is 10.1 Å². The van der Waals surface area contributed by atoms with Gasteiger partial charge in [-0.05, 0) is 18.6 Å². The van der Waals surface area contributed by atoms with E-state index >= 15 is 0 Å². The monoisotopic (exact) mass is 341 g/mol. The van der Waals surface area contributed by atoms with Crippen LogP contribution in [0.25, 0.3) is 0 Å². The number of hydrogen-bond acceptors (Lipinski definition) is 3. The lowest BCUT2D eigenvalue weighted by Crippen LogP contribution is -2.45. The van der Waals surface area contributed by atoms with Gasteiger partial charge in [-0.1, -0.05) is 17.7 Å². The Kier molecular flexibility index (Phi) is 6.16. The summed E-state index contributed by atoms with van der Waals surface area (Å²) in [6, 6.07) is 1.09. The molecule has 22 heavy (non-hydrogen) atoms. The Morgan fingerprint density at radius 3 is 2.55 bits per heavy atom. The zero-order valence-electron chi connectivity index (χ0n) is 11.3. The first-order chi connectivity index (χ1) is 10.2. The number of hydrogen-bond donors (Lipinski definition) is 1. The molecule has 0 spiro atoms. The van der Waals surface area contributed by atoms with Gasteiger partial charge in [0.1, 0.15) is 6.04 Å². The first kappa shape index (κ1) is 18.2. The summed E-state index contributed by atoms with van der Waals surface area (Å²) in [7, 11) is 1.03. The second-order valence-electron chi connectivity index (χ2n) is 4.28. The second-order valence-corrected chi connectivity index (χ2v) is 4.69. The minimum Gasteiger partial charge on any atom is -0.469 e. The molecule has 9 heteroatoms. The largest absolute Gasteiger partial charge is 0.469 e. The molecule has 0 saturated carbocycles. The molecule has 1 N–H and O–H groups in total. The van der Waals surface area contributed by atoms with Crippen molar-refractivity contribution in [3.63, 3.8) is 0 Å². The number of ether oxygens (including phenoxy) is 1. The molecule has 0 fully saturated rings. The van der Waals surface area contributed by atoms with Gasteiger partial charge in [-0.2, -0.15) is 13.2 Å². The highest BCUT2D eigenvalue weighted by atomic mass is 35.5. The molecule has 0 heterocycles. The zero-order valence-corrected chi connectivity index (χ0v) is 12.1. The maximum Gasteiger partial charge on any atom is 0.408 e. The molecular formula is C13H12ClF4NO3. The van der Waals surface area contributed by atoms with E-state index in [1.807, 2.05) is 0 Å². The third kappa shape index (κ3) is 4.87. The average molecular weight is 342 g/mol. The number of benzene rings is 1. The number of esters is 1. The summed E-state index contributed by atoms with van der Waals surface area (Å²) >= 11 is 5.47. The van der Waals surface area contributed by atoms with Crippen LogP contribution in [0.4, 0.5) is 17.6 Å². The highest BCUT2D eigenvalue weighted by Crippen LogP contribution is 2.25. The Morgan fingerprint density at radius 2 is 2.00 bits per heavy atom. The van der Waals surface area contributed by atoms with Crippen LogP contribution in [0, 0.1) is 5.82 Å². The molecule has 1 rings (SSSR count). The van der Waals surface area contributed by atoms with E-state index in [2.05, 4.69) is 4.74 Å². The van der Waals surface area contributed by atoms with E-state index in [1.165, 1.54) is 6.07 Å². The summed E-state index contributed by atoms with van der Waals surface area (Å²) in [6.07, 6.45) is -6.05. The quantitative estimate of drug-likeness (QED) is 0.661. The van der Waals surface area contributed by atoms with Gasteiger partial charge >= 0.3 is 12.1 Å². The highest BCUT2D eigenvalue weighted by Gasteiger charge is 2.41. The number of alkyl halides is 3. The van der Waals surface area contributed by atoms with Crippen molar-refractivity contribution < 1.29 is 31.9 Å². The van der Waals surface area contributed by atoms with Crippen molar-refractivity contribution >= 4 is 23.5 Å². The van der Waals surface area contributed by atoms with Crippen molar-refractivity contribution in [3.8, 4) is 0 Å². The highest BCUT2D eigenvalue weighted by molar-refractivity contribution is 6.31. The Bertz CT molecular complexity index is 563. The van der Waals surface area contributed by atoms with Crippen LogP contribution >= 0.6 is 11.6 Å². The Morgan fingerprint density at radius 1 is 1.36 bits per heavy atom. The lowest BCUT2D eigenvalue weighted by molar-refractivity contribution is -0.158. The molecule has 1 aromatic carbocycles. The summed E-state index contributed by atoms with van der Waals surface area (Å²) in [5, 5.41) is 1.27. The Balaban J connectivity index is 2.87. The molecule has 1 unspecified atom stereocenters. The van der Waals surface area contributed by atoms with Gasteiger partial charge in [0, 0.05) is 6.42 Å². The first-order valence-electron chi connectivity index (χ1n) is 6.05. The predicted octanol–water partition coefficient (Wildman–Crippen LogP) is 3.09. The minimum absolute atomic E-state index is 0.384. The topological polar surface area (TPSA) is 55.4 Å². The van der Waals surface area contributed by atoms with Crippen LogP contribution in [0.5, 0.6) is 0 Å². The minimum atomic E-state index is -4.79. The van der Waals surface area contributed by atoms with Crippen molar-refractivity contribution in [3.05, 3.63) is 34.6 Å². The van der Waals surface area contributed by atoms with Crippen LogP contribution in [0.15, 0.2) is 18.2 Å². The van der Waals surface area contributed by atoms with Crippen molar-refractivity contribution in [2.45, 2.75) is 25.1 Å². The standard InChI is InChI=1S/C13H12ClF4NO3/c1-22-10(20)6-5-9(13(16,17)18)19-12(21)7-3-2-4-8(14)11(7)15/h2-4,9H,5-6H2,1H3,(H,19,21). The fourth-order valence-electron chi connectivity index (χ4n) is 1.60. The molecule has 1 atom stereocenters. The van der Waals surface area contributed by atoms with E-state index in [-0.39, 0.29) is 5.02 Å². The molecule has 0 aliphatic carbocycles. The molecular weight excluding hydrogens is 330 g/mol. The summed E-state index contributed by atoms with van der Waals surface area (Å²) < 4.78 is 56.4. The van der Waals surface area contributed by atoms with E-state index in [1.54, 1.807) is 5.32 Å². The molecule has 122 valence electrons. The van der Waals surface area contributed by atoms with Crippen LogP contribution in [-0.2, 0) is 9.53 Å². The van der Waals surface area contributed by atoms with Gasteiger partial charge in [-0.3, -0.25) is 9.59 Å². The van der Waals surface area contributed by atoms with Crippen molar-refractivity contribution in [2.75, 3.05) is 7.11 Å². The maximum absolute atomic E-state index is 13.6. The smallest absolute Gasteiger partial charge is 0.408 e. The molecule has 0 aliphatic rings. The van der Waals surface area contributed by atoms with Crippen LogP contribution in [-0.4, -0.2) is 31.2 Å². The molecule has 4 nitrogen and oxygen atoms in total. The van der Waals surface area contributed by atoms with Gasteiger partial charge in [0.05, 0.1) is 17.7 Å². The molecule has 0 aromatic heterocycles. The number of amides is 1. The summed E-state index contributed by atoms with van der Waals surface area (Å²) in [6.45, 7) is 0. The molecule has 0 bridgehead atoms. The van der Waals surface area contributed by atoms with Crippen LogP contribution < -0.4 is 5.32 Å². The summed E-state index contributed by atoms with van der Waals surface area (Å²) in [4.78, 5) is 22.7. The van der Waals surface area contributed by atoms with Crippen LogP contribution in [0.1, 0.15) is 23.2 Å². The Labute approximate surface area is 128 Å². The molecule has 1 amide bonds. The van der Waals surface area contributed by atoms with Crippen molar-refractivity contribution in [2.24, 2.45) is 0 Å². The SMILES string of the molecule is COC(=O)CCC(NC(=O)c1cccc(Cl)c1F)C(F)(F)F. The van der Waals surface area contributed by atoms with Crippen molar-refractivity contribution in [1.82, 2.24) is 5.32 Å². The number of halogens is 5. The third-order valence-corrected chi connectivity index (χ3v) is 3.05. The lowest BCUT2D eigenvalue weighted by atomic mass is 10.1. The Hall–Kier alpha value is -1.83. The third-order valence-electron chi connectivity index (χ3n) is 2.76. The molecule has 0 aliphatic heterocycles.